The molecule has 6 nitrogen and oxygen atoms in total. The van der Waals surface area contributed by atoms with Crippen molar-refractivity contribution in [2.24, 2.45) is 0 Å². The maximum absolute atomic E-state index is 12.7. The average molecular weight is 398 g/mol. The van der Waals surface area contributed by atoms with Crippen molar-refractivity contribution in [1.29, 1.82) is 0 Å². The number of rotatable bonds is 6. The summed E-state index contributed by atoms with van der Waals surface area (Å²) in [6.45, 7) is 2.01. The van der Waals surface area contributed by atoms with Crippen molar-refractivity contribution in [1.82, 2.24) is 4.98 Å². The zero-order valence-corrected chi connectivity index (χ0v) is 16.5. The van der Waals surface area contributed by atoms with Gasteiger partial charge >= 0.3 is 0 Å². The number of nitrogens with one attached hydrogen (secondary N) is 2. The molecule has 1 heterocycles. The van der Waals surface area contributed by atoms with Crippen LogP contribution in [0.1, 0.15) is 15.9 Å². The summed E-state index contributed by atoms with van der Waals surface area (Å²) in [5.41, 5.74) is 3.61. The van der Waals surface area contributed by atoms with E-state index in [1.54, 1.807) is 24.4 Å². The highest BCUT2D eigenvalue weighted by molar-refractivity contribution is 6.32. The van der Waals surface area contributed by atoms with Gasteiger partial charge in [0.2, 0.25) is 0 Å². The number of carbonyl (C=O) groups excluding carboxylic acids is 1. The smallest absolute Gasteiger partial charge is 0.257 e. The topological polar surface area (TPSA) is 72.5 Å². The fourth-order valence-corrected chi connectivity index (χ4v) is 2.91. The fraction of sp³-hybridized carbons (Fsp3) is 0.143. The van der Waals surface area contributed by atoms with Crippen LogP contribution in [0.4, 0.5) is 17.1 Å². The first-order chi connectivity index (χ1) is 13.5. The van der Waals surface area contributed by atoms with E-state index in [1.807, 2.05) is 31.2 Å². The Kier molecular flexibility index (Phi) is 6.01. The molecular formula is C21H20ClN3O3. The van der Waals surface area contributed by atoms with E-state index in [1.165, 1.54) is 20.4 Å². The Balaban J connectivity index is 1.82. The maximum atomic E-state index is 12.7. The highest BCUT2D eigenvalue weighted by atomic mass is 35.5. The zero-order chi connectivity index (χ0) is 20.1. The summed E-state index contributed by atoms with van der Waals surface area (Å²) in [4.78, 5) is 16.9. The Labute approximate surface area is 168 Å². The molecule has 1 amide bonds. The van der Waals surface area contributed by atoms with Gasteiger partial charge in [-0.25, -0.2) is 0 Å². The van der Waals surface area contributed by atoms with Crippen molar-refractivity contribution >= 4 is 34.6 Å². The summed E-state index contributed by atoms with van der Waals surface area (Å²) < 4.78 is 10.5. The van der Waals surface area contributed by atoms with Crippen LogP contribution in [0.2, 0.25) is 5.02 Å². The Morgan fingerprint density at radius 3 is 2.50 bits per heavy atom. The Morgan fingerprint density at radius 2 is 1.79 bits per heavy atom. The number of hydrogen-bond donors (Lipinski definition) is 2. The molecule has 0 radical (unpaired) electrons. The Hall–Kier alpha value is -3.25. The molecule has 7 heteroatoms. The molecular weight excluding hydrogens is 378 g/mol. The summed E-state index contributed by atoms with van der Waals surface area (Å²) in [6, 6.07) is 12.9. The van der Waals surface area contributed by atoms with Gasteiger partial charge in [0.25, 0.3) is 5.91 Å². The van der Waals surface area contributed by atoms with E-state index < -0.39 is 0 Å². The molecule has 0 saturated heterocycles. The Morgan fingerprint density at radius 1 is 1.00 bits per heavy atom. The Bertz CT molecular complexity index is 1010. The molecule has 0 fully saturated rings. The lowest BCUT2D eigenvalue weighted by atomic mass is 10.2. The van der Waals surface area contributed by atoms with Crippen LogP contribution >= 0.6 is 11.6 Å². The van der Waals surface area contributed by atoms with Gasteiger partial charge in [0.1, 0.15) is 11.5 Å². The fourth-order valence-electron chi connectivity index (χ4n) is 2.67. The largest absolute Gasteiger partial charge is 0.495 e. The second-order valence-corrected chi connectivity index (χ2v) is 6.51. The molecule has 0 spiro atoms. The standard InChI is InChI=1S/C21H20ClN3O3/c1-13-5-4-6-15(7-13)24-16-8-14(11-23-12-16)21(26)25-18-10-19(27-2)17(22)9-20(18)28-3/h4-12,24H,1-3H3,(H,25,26). The summed E-state index contributed by atoms with van der Waals surface area (Å²) in [5.74, 6) is 0.537. The quantitative estimate of drug-likeness (QED) is 0.608. The first kappa shape index (κ1) is 19.5. The molecule has 3 aromatic rings. The lowest BCUT2D eigenvalue weighted by Gasteiger charge is -2.13. The third-order valence-corrected chi connectivity index (χ3v) is 4.32. The highest BCUT2D eigenvalue weighted by Gasteiger charge is 2.14. The van der Waals surface area contributed by atoms with Crippen LogP contribution in [0.25, 0.3) is 0 Å². The molecule has 2 aromatic carbocycles. The maximum Gasteiger partial charge on any atom is 0.257 e. The number of methoxy groups -OCH3 is 2. The van der Waals surface area contributed by atoms with Gasteiger partial charge in [0.15, 0.2) is 0 Å². The molecule has 0 atom stereocenters. The minimum atomic E-state index is -0.330. The van der Waals surface area contributed by atoms with Crippen molar-refractivity contribution in [3.05, 3.63) is 71.0 Å². The first-order valence-corrected chi connectivity index (χ1v) is 8.89. The number of benzene rings is 2. The molecule has 0 aliphatic heterocycles. The minimum absolute atomic E-state index is 0.330. The number of aromatic nitrogens is 1. The lowest BCUT2D eigenvalue weighted by Crippen LogP contribution is -2.13. The molecule has 0 aliphatic carbocycles. The van der Waals surface area contributed by atoms with Crippen molar-refractivity contribution in [3.63, 3.8) is 0 Å². The monoisotopic (exact) mass is 397 g/mol. The molecule has 1 aromatic heterocycles. The third kappa shape index (κ3) is 4.53. The lowest BCUT2D eigenvalue weighted by molar-refractivity contribution is 0.102. The highest BCUT2D eigenvalue weighted by Crippen LogP contribution is 2.36. The number of hydrogen-bond acceptors (Lipinski definition) is 5. The van der Waals surface area contributed by atoms with Crippen molar-refractivity contribution < 1.29 is 14.3 Å². The van der Waals surface area contributed by atoms with Gasteiger partial charge in [0, 0.05) is 24.0 Å². The van der Waals surface area contributed by atoms with Crippen molar-refractivity contribution in [2.75, 3.05) is 24.9 Å². The molecule has 28 heavy (non-hydrogen) atoms. The number of anilines is 3. The van der Waals surface area contributed by atoms with Crippen molar-refractivity contribution in [2.45, 2.75) is 6.92 Å². The van der Waals surface area contributed by atoms with E-state index in [4.69, 9.17) is 21.1 Å². The van der Waals surface area contributed by atoms with Crippen molar-refractivity contribution in [3.8, 4) is 11.5 Å². The third-order valence-electron chi connectivity index (χ3n) is 4.03. The van der Waals surface area contributed by atoms with E-state index >= 15 is 0 Å². The van der Waals surface area contributed by atoms with Crippen LogP contribution in [-0.2, 0) is 0 Å². The molecule has 2 N–H and O–H groups in total. The van der Waals surface area contributed by atoms with E-state index in [0.29, 0.717) is 33.5 Å². The van der Waals surface area contributed by atoms with Crippen LogP contribution in [0.5, 0.6) is 11.5 Å². The van der Waals surface area contributed by atoms with Crippen LogP contribution in [-0.4, -0.2) is 25.1 Å². The summed E-state index contributed by atoms with van der Waals surface area (Å²) in [5, 5.41) is 6.45. The van der Waals surface area contributed by atoms with Crippen LogP contribution in [0, 0.1) is 6.92 Å². The normalized spacial score (nSPS) is 10.3. The first-order valence-electron chi connectivity index (χ1n) is 8.52. The van der Waals surface area contributed by atoms with E-state index in [9.17, 15) is 4.79 Å². The number of halogens is 1. The van der Waals surface area contributed by atoms with Gasteiger partial charge in [-0.1, -0.05) is 23.7 Å². The number of ether oxygens (including phenoxy) is 2. The number of pyridine rings is 1. The van der Waals surface area contributed by atoms with Crippen LogP contribution in [0.15, 0.2) is 54.9 Å². The summed E-state index contributed by atoms with van der Waals surface area (Å²) in [6.07, 6.45) is 3.15. The molecule has 0 aliphatic rings. The number of aryl methyl sites for hydroxylation is 1. The van der Waals surface area contributed by atoms with Crippen LogP contribution in [0.3, 0.4) is 0 Å². The second-order valence-electron chi connectivity index (χ2n) is 6.10. The number of nitrogens with zero attached hydrogens (tertiary/aromatic N) is 1. The molecule has 0 unspecified atom stereocenters. The van der Waals surface area contributed by atoms with Gasteiger partial charge < -0.3 is 20.1 Å². The van der Waals surface area contributed by atoms with Gasteiger partial charge in [0.05, 0.1) is 42.4 Å². The van der Waals surface area contributed by atoms with Crippen LogP contribution < -0.4 is 20.1 Å². The number of carbonyl (C=O) groups is 1. The van der Waals surface area contributed by atoms with Gasteiger partial charge in [-0.05, 0) is 30.7 Å². The average Bonchev–Trinajstić information content (AvgIpc) is 2.69. The summed E-state index contributed by atoms with van der Waals surface area (Å²) >= 11 is 6.11. The number of amides is 1. The van der Waals surface area contributed by atoms with Gasteiger partial charge in [-0.2, -0.15) is 0 Å². The van der Waals surface area contributed by atoms with Gasteiger partial charge in [-0.15, -0.1) is 0 Å². The zero-order valence-electron chi connectivity index (χ0n) is 15.7. The van der Waals surface area contributed by atoms with E-state index in [-0.39, 0.29) is 5.91 Å². The predicted molar refractivity (Wildman–Crippen MR) is 111 cm³/mol. The molecule has 3 rings (SSSR count). The van der Waals surface area contributed by atoms with E-state index in [0.717, 1.165) is 11.3 Å². The molecule has 0 saturated carbocycles. The predicted octanol–water partition coefficient (Wildman–Crippen LogP) is 5.06. The molecule has 144 valence electrons. The summed E-state index contributed by atoms with van der Waals surface area (Å²) in [7, 11) is 3.01. The van der Waals surface area contributed by atoms with Gasteiger partial charge in [-0.3, -0.25) is 9.78 Å². The minimum Gasteiger partial charge on any atom is -0.495 e. The molecule has 0 bridgehead atoms. The second kappa shape index (κ2) is 8.63. The van der Waals surface area contributed by atoms with E-state index in [2.05, 4.69) is 15.6 Å². The SMILES string of the molecule is COc1cc(NC(=O)c2cncc(Nc3cccc(C)c3)c2)c(OC)cc1Cl.